The molecule has 0 aromatic heterocycles. The number of hydrogen-bond donors (Lipinski definition) is 0. The molecule has 0 N–H and O–H groups in total. The van der Waals surface area contributed by atoms with Crippen LogP contribution < -0.4 is 0 Å². The van der Waals surface area contributed by atoms with Gasteiger partial charge < -0.3 is 0 Å². The second-order valence-corrected chi connectivity index (χ2v) is 5.30. The minimum Gasteiger partial charge on any atom is -0.0654 e. The van der Waals surface area contributed by atoms with Gasteiger partial charge in [0.05, 0.1) is 0 Å². The Balaban J connectivity index is 2.40. The number of rotatable bonds is 3. The molecule has 0 spiro atoms. The average molecular weight is 248 g/mol. The molecular weight excluding hydrogens is 228 g/mol. The molecule has 3 aromatic rings. The SMILES string of the molecule is CCCCc1c(C)c2ccccc2c2ccccc12. The van der Waals surface area contributed by atoms with Gasteiger partial charge in [0, 0.05) is 0 Å². The predicted octanol–water partition coefficient (Wildman–Crippen LogP) is 5.64. The molecule has 0 nitrogen and oxygen atoms in total. The van der Waals surface area contributed by atoms with Crippen LogP contribution in [0.1, 0.15) is 30.9 Å². The third kappa shape index (κ3) is 2.02. The third-order valence-electron chi connectivity index (χ3n) is 4.11. The smallest absolute Gasteiger partial charge is 0.0102 e. The molecule has 3 aromatic carbocycles. The van der Waals surface area contributed by atoms with Gasteiger partial charge in [0.15, 0.2) is 0 Å². The standard InChI is InChI=1S/C19H20/c1-3-4-9-15-14(2)16-10-5-6-11-18(16)19-13-8-7-12-17(15)19/h5-8,10-13H,3-4,9H2,1-2H3. The fourth-order valence-electron chi connectivity index (χ4n) is 3.07. The Morgan fingerprint density at radius 1 is 0.737 bits per heavy atom. The van der Waals surface area contributed by atoms with Gasteiger partial charge in [-0.2, -0.15) is 0 Å². The highest BCUT2D eigenvalue weighted by molar-refractivity contribution is 6.10. The number of benzene rings is 3. The fourth-order valence-corrected chi connectivity index (χ4v) is 3.07. The van der Waals surface area contributed by atoms with E-state index >= 15 is 0 Å². The summed E-state index contributed by atoms with van der Waals surface area (Å²) in [5.74, 6) is 0. The molecule has 96 valence electrons. The summed E-state index contributed by atoms with van der Waals surface area (Å²) in [6.07, 6.45) is 3.71. The number of unbranched alkanes of at least 4 members (excludes halogenated alkanes) is 1. The van der Waals surface area contributed by atoms with Gasteiger partial charge in [-0.1, -0.05) is 61.9 Å². The Labute approximate surface area is 115 Å². The van der Waals surface area contributed by atoms with Crippen molar-refractivity contribution in [2.24, 2.45) is 0 Å². The second-order valence-electron chi connectivity index (χ2n) is 5.30. The van der Waals surface area contributed by atoms with E-state index < -0.39 is 0 Å². The van der Waals surface area contributed by atoms with E-state index in [-0.39, 0.29) is 0 Å². The first-order valence-corrected chi connectivity index (χ1v) is 7.22. The summed E-state index contributed by atoms with van der Waals surface area (Å²) >= 11 is 0. The Hall–Kier alpha value is -1.82. The van der Waals surface area contributed by atoms with E-state index in [9.17, 15) is 0 Å². The van der Waals surface area contributed by atoms with Crippen molar-refractivity contribution in [3.8, 4) is 0 Å². The summed E-state index contributed by atoms with van der Waals surface area (Å²) in [5.41, 5.74) is 3.00. The zero-order valence-electron chi connectivity index (χ0n) is 11.7. The van der Waals surface area contributed by atoms with Crippen molar-refractivity contribution in [1.29, 1.82) is 0 Å². The summed E-state index contributed by atoms with van der Waals surface area (Å²) < 4.78 is 0. The molecule has 0 fully saturated rings. The first-order chi connectivity index (χ1) is 9.33. The maximum Gasteiger partial charge on any atom is -0.0102 e. The Morgan fingerprint density at radius 2 is 1.26 bits per heavy atom. The summed E-state index contributed by atoms with van der Waals surface area (Å²) in [7, 11) is 0. The van der Waals surface area contributed by atoms with Crippen LogP contribution in [-0.4, -0.2) is 0 Å². The van der Waals surface area contributed by atoms with Gasteiger partial charge in [-0.15, -0.1) is 0 Å². The molecule has 19 heavy (non-hydrogen) atoms. The molecule has 0 saturated carbocycles. The van der Waals surface area contributed by atoms with Gasteiger partial charge in [0.1, 0.15) is 0 Å². The van der Waals surface area contributed by atoms with Crippen molar-refractivity contribution < 1.29 is 0 Å². The highest BCUT2D eigenvalue weighted by Gasteiger charge is 2.10. The van der Waals surface area contributed by atoms with E-state index in [4.69, 9.17) is 0 Å². The molecule has 3 rings (SSSR count). The third-order valence-corrected chi connectivity index (χ3v) is 4.11. The van der Waals surface area contributed by atoms with Gasteiger partial charge in [0.25, 0.3) is 0 Å². The summed E-state index contributed by atoms with van der Waals surface area (Å²) in [6, 6.07) is 17.6. The zero-order valence-corrected chi connectivity index (χ0v) is 11.7. The Kier molecular flexibility index (Phi) is 3.25. The molecule has 0 amide bonds. The van der Waals surface area contributed by atoms with E-state index in [0.29, 0.717) is 0 Å². The van der Waals surface area contributed by atoms with Crippen LogP contribution in [0.2, 0.25) is 0 Å². The van der Waals surface area contributed by atoms with Gasteiger partial charge in [-0.25, -0.2) is 0 Å². The molecule has 0 aliphatic rings. The lowest BCUT2D eigenvalue weighted by Crippen LogP contribution is -1.94. The van der Waals surface area contributed by atoms with Crippen LogP contribution >= 0.6 is 0 Å². The average Bonchev–Trinajstić information content (AvgIpc) is 2.47. The van der Waals surface area contributed by atoms with Crippen LogP contribution in [0.4, 0.5) is 0 Å². The first kappa shape index (κ1) is 12.2. The lowest BCUT2D eigenvalue weighted by molar-refractivity contribution is 0.796. The van der Waals surface area contributed by atoms with Crippen LogP contribution in [0.15, 0.2) is 48.5 Å². The number of hydrogen-bond acceptors (Lipinski definition) is 0. The zero-order chi connectivity index (χ0) is 13.2. The van der Waals surface area contributed by atoms with E-state index in [0.717, 1.165) is 0 Å². The summed E-state index contributed by atoms with van der Waals surface area (Å²) in [6.45, 7) is 4.54. The fraction of sp³-hybridized carbons (Fsp3) is 0.263. The van der Waals surface area contributed by atoms with Crippen molar-refractivity contribution in [2.75, 3.05) is 0 Å². The molecule has 0 heterocycles. The van der Waals surface area contributed by atoms with E-state index in [1.54, 1.807) is 0 Å². The van der Waals surface area contributed by atoms with Gasteiger partial charge >= 0.3 is 0 Å². The lowest BCUT2D eigenvalue weighted by atomic mass is 9.90. The Bertz CT molecular complexity index is 723. The van der Waals surface area contributed by atoms with Crippen molar-refractivity contribution in [2.45, 2.75) is 33.1 Å². The molecule has 0 radical (unpaired) electrons. The van der Waals surface area contributed by atoms with E-state index in [2.05, 4.69) is 62.4 Å². The monoisotopic (exact) mass is 248 g/mol. The second kappa shape index (κ2) is 5.05. The summed E-state index contributed by atoms with van der Waals surface area (Å²) in [4.78, 5) is 0. The number of aryl methyl sites for hydroxylation is 2. The van der Waals surface area contributed by atoms with Crippen molar-refractivity contribution in [3.05, 3.63) is 59.7 Å². The van der Waals surface area contributed by atoms with Crippen molar-refractivity contribution in [1.82, 2.24) is 0 Å². The lowest BCUT2D eigenvalue weighted by Gasteiger charge is -2.14. The van der Waals surface area contributed by atoms with Gasteiger partial charge in [-0.05, 0) is 52.4 Å². The highest BCUT2D eigenvalue weighted by atomic mass is 14.1. The van der Waals surface area contributed by atoms with Crippen LogP contribution in [-0.2, 0) is 6.42 Å². The molecule has 0 bridgehead atoms. The number of fused-ring (bicyclic) bond motifs is 3. The van der Waals surface area contributed by atoms with E-state index in [1.165, 1.54) is 51.9 Å². The maximum absolute atomic E-state index is 2.28. The Morgan fingerprint density at radius 3 is 1.89 bits per heavy atom. The predicted molar refractivity (Wildman–Crippen MR) is 84.8 cm³/mol. The minimum absolute atomic E-state index is 1.19. The van der Waals surface area contributed by atoms with Crippen LogP contribution in [0, 0.1) is 6.92 Å². The van der Waals surface area contributed by atoms with Crippen LogP contribution in [0.25, 0.3) is 21.5 Å². The molecule has 0 atom stereocenters. The summed E-state index contributed by atoms with van der Waals surface area (Å²) in [5, 5.41) is 5.63. The van der Waals surface area contributed by atoms with Gasteiger partial charge in [-0.3, -0.25) is 0 Å². The molecule has 0 aliphatic heterocycles. The largest absolute Gasteiger partial charge is 0.0654 e. The quantitative estimate of drug-likeness (QED) is 0.526. The normalized spacial score (nSPS) is 11.3. The molecular formula is C19H20. The molecule has 0 saturated heterocycles. The van der Waals surface area contributed by atoms with Crippen LogP contribution in [0.5, 0.6) is 0 Å². The topological polar surface area (TPSA) is 0 Å². The minimum atomic E-state index is 1.19. The molecule has 0 unspecified atom stereocenters. The van der Waals surface area contributed by atoms with Crippen molar-refractivity contribution >= 4 is 21.5 Å². The molecule has 0 heteroatoms. The maximum atomic E-state index is 2.28. The first-order valence-electron chi connectivity index (χ1n) is 7.22. The van der Waals surface area contributed by atoms with E-state index in [1.807, 2.05) is 0 Å². The van der Waals surface area contributed by atoms with Crippen LogP contribution in [0.3, 0.4) is 0 Å². The highest BCUT2D eigenvalue weighted by Crippen LogP contribution is 2.33. The van der Waals surface area contributed by atoms with Crippen molar-refractivity contribution in [3.63, 3.8) is 0 Å². The van der Waals surface area contributed by atoms with Gasteiger partial charge in [0.2, 0.25) is 0 Å². The molecule has 0 aliphatic carbocycles.